The van der Waals surface area contributed by atoms with Crippen LogP contribution in [-0.4, -0.2) is 22.9 Å². The van der Waals surface area contributed by atoms with Crippen LogP contribution in [0.3, 0.4) is 0 Å². The molecule has 0 spiro atoms. The molecule has 2 aromatic heterocycles. The SMILES string of the molecule is COc1ccccc1CN(Cc1cccs1)C(=O)Cc1csc(C(C)C)n1. The summed E-state index contributed by atoms with van der Waals surface area (Å²) in [6, 6.07) is 11.9. The molecule has 0 fully saturated rings. The fourth-order valence-corrected chi connectivity index (χ4v) is 4.35. The van der Waals surface area contributed by atoms with Gasteiger partial charge in [0.1, 0.15) is 5.75 Å². The predicted molar refractivity (Wildman–Crippen MR) is 111 cm³/mol. The normalized spacial score (nSPS) is 11.0. The molecule has 0 atom stereocenters. The third kappa shape index (κ3) is 5.17. The van der Waals surface area contributed by atoms with E-state index in [-0.39, 0.29) is 5.91 Å². The summed E-state index contributed by atoms with van der Waals surface area (Å²) in [6.07, 6.45) is 0.323. The van der Waals surface area contributed by atoms with Gasteiger partial charge in [-0.15, -0.1) is 22.7 Å². The molecule has 2 heterocycles. The Balaban J connectivity index is 1.78. The minimum Gasteiger partial charge on any atom is -0.496 e. The Morgan fingerprint density at radius 3 is 2.63 bits per heavy atom. The van der Waals surface area contributed by atoms with Gasteiger partial charge in [0.2, 0.25) is 5.91 Å². The number of thiazole rings is 1. The smallest absolute Gasteiger partial charge is 0.229 e. The number of hydrogen-bond acceptors (Lipinski definition) is 5. The summed E-state index contributed by atoms with van der Waals surface area (Å²) in [5.41, 5.74) is 1.86. The lowest BCUT2D eigenvalue weighted by molar-refractivity contribution is -0.131. The van der Waals surface area contributed by atoms with E-state index < -0.39 is 0 Å². The van der Waals surface area contributed by atoms with Crippen molar-refractivity contribution >= 4 is 28.6 Å². The highest BCUT2D eigenvalue weighted by Gasteiger charge is 2.19. The maximum absolute atomic E-state index is 13.1. The monoisotopic (exact) mass is 400 g/mol. The Bertz CT molecular complexity index is 872. The average molecular weight is 401 g/mol. The third-order valence-corrected chi connectivity index (χ3v) is 6.28. The molecule has 4 nitrogen and oxygen atoms in total. The number of thiophene rings is 1. The third-order valence-electron chi connectivity index (χ3n) is 4.23. The molecule has 6 heteroatoms. The molecule has 142 valence electrons. The van der Waals surface area contributed by atoms with E-state index in [4.69, 9.17) is 4.74 Å². The molecule has 0 unspecified atom stereocenters. The van der Waals surface area contributed by atoms with Crippen molar-refractivity contribution < 1.29 is 9.53 Å². The van der Waals surface area contributed by atoms with Gasteiger partial charge in [-0.2, -0.15) is 0 Å². The van der Waals surface area contributed by atoms with Gasteiger partial charge in [0.25, 0.3) is 0 Å². The number of hydrogen-bond donors (Lipinski definition) is 0. The van der Waals surface area contributed by atoms with Crippen LogP contribution >= 0.6 is 22.7 Å². The van der Waals surface area contributed by atoms with Crippen LogP contribution in [0.15, 0.2) is 47.2 Å². The highest BCUT2D eigenvalue weighted by atomic mass is 32.1. The lowest BCUT2D eigenvalue weighted by Crippen LogP contribution is -2.31. The number of methoxy groups -OCH3 is 1. The van der Waals surface area contributed by atoms with Crippen molar-refractivity contribution in [1.29, 1.82) is 0 Å². The topological polar surface area (TPSA) is 42.4 Å². The van der Waals surface area contributed by atoms with E-state index >= 15 is 0 Å². The second kappa shape index (κ2) is 9.15. The summed E-state index contributed by atoms with van der Waals surface area (Å²) in [6.45, 7) is 5.35. The molecule has 1 aromatic carbocycles. The maximum Gasteiger partial charge on any atom is 0.229 e. The van der Waals surface area contributed by atoms with E-state index in [0.29, 0.717) is 25.4 Å². The highest BCUT2D eigenvalue weighted by Crippen LogP contribution is 2.23. The van der Waals surface area contributed by atoms with Crippen LogP contribution in [0.2, 0.25) is 0 Å². The van der Waals surface area contributed by atoms with Crippen molar-refractivity contribution in [2.45, 2.75) is 39.3 Å². The van der Waals surface area contributed by atoms with Gasteiger partial charge in [-0.25, -0.2) is 4.98 Å². The lowest BCUT2D eigenvalue weighted by atomic mass is 10.1. The zero-order valence-corrected chi connectivity index (χ0v) is 17.5. The van der Waals surface area contributed by atoms with Gasteiger partial charge in [-0.1, -0.05) is 38.1 Å². The number of amides is 1. The Hall–Kier alpha value is -2.18. The van der Waals surface area contributed by atoms with E-state index in [9.17, 15) is 4.79 Å². The first-order valence-electron chi connectivity index (χ1n) is 8.93. The highest BCUT2D eigenvalue weighted by molar-refractivity contribution is 7.10. The van der Waals surface area contributed by atoms with Gasteiger partial charge in [-0.05, 0) is 17.5 Å². The lowest BCUT2D eigenvalue weighted by Gasteiger charge is -2.23. The Morgan fingerprint density at radius 1 is 1.15 bits per heavy atom. The van der Waals surface area contributed by atoms with Crippen LogP contribution in [0, 0.1) is 0 Å². The number of nitrogens with zero attached hydrogens (tertiary/aromatic N) is 2. The van der Waals surface area contributed by atoms with Crippen LogP contribution < -0.4 is 4.74 Å². The molecule has 0 radical (unpaired) electrons. The predicted octanol–water partition coefficient (Wildman–Crippen LogP) is 5.11. The van der Waals surface area contributed by atoms with Crippen molar-refractivity contribution in [3.8, 4) is 5.75 Å². The molecule has 27 heavy (non-hydrogen) atoms. The first kappa shape index (κ1) is 19.6. The van der Waals surface area contributed by atoms with Crippen molar-refractivity contribution in [2.24, 2.45) is 0 Å². The Kier molecular flexibility index (Phi) is 6.63. The van der Waals surface area contributed by atoms with Crippen LogP contribution in [0.5, 0.6) is 5.75 Å². The van der Waals surface area contributed by atoms with E-state index in [2.05, 4.69) is 24.9 Å². The number of ether oxygens (including phenoxy) is 1. The van der Waals surface area contributed by atoms with Crippen LogP contribution in [0.25, 0.3) is 0 Å². The fourth-order valence-electron chi connectivity index (χ4n) is 2.80. The molecule has 0 saturated heterocycles. The molecule has 0 N–H and O–H groups in total. The summed E-state index contributed by atoms with van der Waals surface area (Å²) in [5, 5.41) is 5.11. The number of rotatable bonds is 8. The van der Waals surface area contributed by atoms with E-state index in [1.54, 1.807) is 29.8 Å². The number of para-hydroxylation sites is 1. The molecular formula is C21H24N2O2S2. The molecule has 3 rings (SSSR count). The van der Waals surface area contributed by atoms with Gasteiger partial charge in [-0.3, -0.25) is 4.79 Å². The number of benzene rings is 1. The number of aromatic nitrogens is 1. The summed E-state index contributed by atoms with van der Waals surface area (Å²) in [4.78, 5) is 20.7. The molecule has 0 saturated carbocycles. The molecular weight excluding hydrogens is 376 g/mol. The summed E-state index contributed by atoms with van der Waals surface area (Å²) in [5.74, 6) is 1.27. The second-order valence-corrected chi connectivity index (χ2v) is 8.57. The van der Waals surface area contributed by atoms with Gasteiger partial charge in [0.05, 0.1) is 30.8 Å². The summed E-state index contributed by atoms with van der Waals surface area (Å²) < 4.78 is 5.46. The van der Waals surface area contributed by atoms with Crippen molar-refractivity contribution in [1.82, 2.24) is 9.88 Å². The van der Waals surface area contributed by atoms with Gasteiger partial charge in [0.15, 0.2) is 0 Å². The van der Waals surface area contributed by atoms with Crippen LogP contribution in [-0.2, 0) is 24.3 Å². The van der Waals surface area contributed by atoms with Gasteiger partial charge < -0.3 is 9.64 Å². The van der Waals surface area contributed by atoms with Crippen LogP contribution in [0.4, 0.5) is 0 Å². The van der Waals surface area contributed by atoms with E-state index in [1.165, 1.54) is 4.88 Å². The van der Waals surface area contributed by atoms with Crippen molar-refractivity contribution in [3.63, 3.8) is 0 Å². The van der Waals surface area contributed by atoms with Crippen molar-refractivity contribution in [3.05, 3.63) is 68.3 Å². The first-order chi connectivity index (χ1) is 13.1. The zero-order valence-electron chi connectivity index (χ0n) is 15.8. The average Bonchev–Trinajstić information content (AvgIpc) is 3.33. The Morgan fingerprint density at radius 2 is 1.96 bits per heavy atom. The largest absolute Gasteiger partial charge is 0.496 e. The fraction of sp³-hybridized carbons (Fsp3) is 0.333. The minimum atomic E-state index is 0.0786. The summed E-state index contributed by atoms with van der Waals surface area (Å²) >= 11 is 3.29. The molecule has 0 aliphatic carbocycles. The van der Waals surface area contributed by atoms with Crippen molar-refractivity contribution in [2.75, 3.05) is 7.11 Å². The van der Waals surface area contributed by atoms with Crippen LogP contribution in [0.1, 0.15) is 40.9 Å². The number of carbonyl (C=O) groups excluding carboxylic acids is 1. The summed E-state index contributed by atoms with van der Waals surface area (Å²) in [7, 11) is 1.66. The molecule has 1 amide bonds. The molecule has 0 bridgehead atoms. The van der Waals surface area contributed by atoms with Gasteiger partial charge >= 0.3 is 0 Å². The zero-order chi connectivity index (χ0) is 19.2. The molecule has 0 aliphatic heterocycles. The first-order valence-corrected chi connectivity index (χ1v) is 10.7. The second-order valence-electron chi connectivity index (χ2n) is 6.65. The minimum absolute atomic E-state index is 0.0786. The van der Waals surface area contributed by atoms with E-state index in [1.807, 2.05) is 46.0 Å². The maximum atomic E-state index is 13.1. The Labute approximate surface area is 168 Å². The molecule has 0 aliphatic rings. The van der Waals surface area contributed by atoms with Gasteiger partial charge in [0, 0.05) is 28.3 Å². The van der Waals surface area contributed by atoms with E-state index in [0.717, 1.165) is 22.0 Å². The standard InChI is InChI=1S/C21H24N2O2S2/c1-15(2)21-22-17(14-27-21)11-20(24)23(13-18-8-6-10-26-18)12-16-7-4-5-9-19(16)25-3/h4-10,14-15H,11-13H2,1-3H3. The quantitative estimate of drug-likeness (QED) is 0.528. The number of carbonyl (C=O) groups is 1. The molecule has 3 aromatic rings.